The molecule has 0 saturated heterocycles. The van der Waals surface area contributed by atoms with Gasteiger partial charge in [-0.2, -0.15) is 0 Å². The number of aromatic hydroxyl groups is 1. The Morgan fingerprint density at radius 1 is 1.29 bits per heavy atom. The van der Waals surface area contributed by atoms with Gasteiger partial charge in [-0.1, -0.05) is 12.1 Å². The topological polar surface area (TPSA) is 84.6 Å². The van der Waals surface area contributed by atoms with Crippen LogP contribution in [0.15, 0.2) is 42.5 Å². The molecule has 0 radical (unpaired) electrons. The number of halogens is 1. The molecular weight excluding hydrogens is 275 g/mol. The summed E-state index contributed by atoms with van der Waals surface area (Å²) in [4.78, 5) is 11.7. The number of carbonyl (C=O) groups excluding carboxylic acids is 1. The van der Waals surface area contributed by atoms with Gasteiger partial charge in [-0.25, -0.2) is 4.39 Å². The van der Waals surface area contributed by atoms with E-state index in [4.69, 9.17) is 15.6 Å². The van der Waals surface area contributed by atoms with Crippen molar-refractivity contribution in [2.24, 2.45) is 0 Å². The number of nitrogens with one attached hydrogen (secondary N) is 1. The fraction of sp³-hybridized carbons (Fsp3) is 0.133. The molecule has 0 aliphatic carbocycles. The summed E-state index contributed by atoms with van der Waals surface area (Å²) in [6.07, 6.45) is 0. The second-order valence-corrected chi connectivity index (χ2v) is 4.31. The van der Waals surface area contributed by atoms with Crippen LogP contribution in [0.1, 0.15) is 10.4 Å². The number of carbonyl (C=O) groups is 1. The molecule has 2 aromatic rings. The van der Waals surface area contributed by atoms with E-state index in [-0.39, 0.29) is 24.5 Å². The first kappa shape index (κ1) is 14.6. The summed E-state index contributed by atoms with van der Waals surface area (Å²) >= 11 is 0. The van der Waals surface area contributed by atoms with E-state index in [2.05, 4.69) is 5.32 Å². The van der Waals surface area contributed by atoms with Gasteiger partial charge in [-0.15, -0.1) is 0 Å². The molecule has 0 bridgehead atoms. The van der Waals surface area contributed by atoms with Crippen molar-refractivity contribution in [2.45, 2.75) is 0 Å². The minimum absolute atomic E-state index is 0.132. The molecule has 0 heterocycles. The van der Waals surface area contributed by atoms with E-state index in [1.807, 2.05) is 0 Å². The smallest absolute Gasteiger partial charge is 0.254 e. The second-order valence-electron chi connectivity index (χ2n) is 4.31. The van der Waals surface area contributed by atoms with E-state index in [9.17, 15) is 9.18 Å². The monoisotopic (exact) mass is 290 g/mol. The molecule has 6 heteroatoms. The molecule has 4 N–H and O–H groups in total. The highest BCUT2D eigenvalue weighted by molar-refractivity contribution is 5.94. The number of phenolic OH excluding ortho intramolecular Hbond substituents is 1. The summed E-state index contributed by atoms with van der Waals surface area (Å²) in [5.41, 5.74) is 6.08. The van der Waals surface area contributed by atoms with Crippen molar-refractivity contribution in [3.63, 3.8) is 0 Å². The standard InChI is InChI=1S/C15H15FN2O3/c16-12-9-10(19)5-6-11(12)15(20)18-7-8-21-14-4-2-1-3-13(14)17/h1-6,9,19H,7-8,17H2,(H,18,20). The zero-order valence-electron chi connectivity index (χ0n) is 11.2. The molecule has 110 valence electrons. The van der Waals surface area contributed by atoms with Crippen LogP contribution in [0.3, 0.4) is 0 Å². The van der Waals surface area contributed by atoms with E-state index in [0.29, 0.717) is 11.4 Å². The maximum atomic E-state index is 13.5. The Morgan fingerprint density at radius 2 is 2.05 bits per heavy atom. The van der Waals surface area contributed by atoms with Crippen LogP contribution in [-0.4, -0.2) is 24.2 Å². The van der Waals surface area contributed by atoms with E-state index in [0.717, 1.165) is 6.07 Å². The average Bonchev–Trinajstić information content (AvgIpc) is 2.45. The summed E-state index contributed by atoms with van der Waals surface area (Å²) in [5, 5.41) is 11.6. The van der Waals surface area contributed by atoms with E-state index < -0.39 is 11.7 Å². The van der Waals surface area contributed by atoms with Gasteiger partial charge in [-0.05, 0) is 24.3 Å². The number of anilines is 1. The van der Waals surface area contributed by atoms with Crippen molar-refractivity contribution in [1.29, 1.82) is 0 Å². The van der Waals surface area contributed by atoms with Gasteiger partial charge in [-0.3, -0.25) is 4.79 Å². The van der Waals surface area contributed by atoms with E-state index in [1.54, 1.807) is 24.3 Å². The van der Waals surface area contributed by atoms with Crippen molar-refractivity contribution in [3.05, 3.63) is 53.8 Å². The third kappa shape index (κ3) is 3.85. The number of nitrogens with two attached hydrogens (primary N) is 1. The lowest BCUT2D eigenvalue weighted by Crippen LogP contribution is -2.28. The minimum Gasteiger partial charge on any atom is -0.508 e. The molecule has 0 aliphatic heterocycles. The van der Waals surface area contributed by atoms with Crippen molar-refractivity contribution in [1.82, 2.24) is 5.32 Å². The third-order valence-electron chi connectivity index (χ3n) is 2.76. The molecule has 0 aliphatic rings. The molecule has 5 nitrogen and oxygen atoms in total. The number of hydrogen-bond acceptors (Lipinski definition) is 4. The number of hydrogen-bond donors (Lipinski definition) is 3. The fourth-order valence-electron chi connectivity index (χ4n) is 1.72. The van der Waals surface area contributed by atoms with E-state index >= 15 is 0 Å². The van der Waals surface area contributed by atoms with E-state index in [1.165, 1.54) is 12.1 Å². The van der Waals surface area contributed by atoms with Crippen LogP contribution in [0.5, 0.6) is 11.5 Å². The third-order valence-corrected chi connectivity index (χ3v) is 2.76. The first-order chi connectivity index (χ1) is 10.1. The Hall–Kier alpha value is -2.76. The Bertz CT molecular complexity index is 647. The summed E-state index contributed by atoms with van der Waals surface area (Å²) in [6.45, 7) is 0.410. The van der Waals surface area contributed by atoms with Gasteiger partial charge in [0.05, 0.1) is 17.8 Å². The minimum atomic E-state index is -0.777. The van der Waals surface area contributed by atoms with Crippen molar-refractivity contribution >= 4 is 11.6 Å². The fourth-order valence-corrected chi connectivity index (χ4v) is 1.72. The summed E-state index contributed by atoms with van der Waals surface area (Å²) < 4.78 is 18.9. The van der Waals surface area contributed by atoms with Crippen molar-refractivity contribution in [2.75, 3.05) is 18.9 Å². The van der Waals surface area contributed by atoms with Gasteiger partial charge in [0.15, 0.2) is 0 Å². The van der Waals surface area contributed by atoms with Gasteiger partial charge in [0, 0.05) is 6.07 Å². The number of para-hydroxylation sites is 2. The highest BCUT2D eigenvalue weighted by atomic mass is 19.1. The number of rotatable bonds is 5. The molecule has 21 heavy (non-hydrogen) atoms. The number of amides is 1. The molecule has 0 unspecified atom stereocenters. The maximum Gasteiger partial charge on any atom is 0.254 e. The lowest BCUT2D eigenvalue weighted by Gasteiger charge is -2.10. The van der Waals surface area contributed by atoms with Crippen LogP contribution in [0, 0.1) is 5.82 Å². The van der Waals surface area contributed by atoms with Gasteiger partial charge >= 0.3 is 0 Å². The quantitative estimate of drug-likeness (QED) is 0.580. The number of benzene rings is 2. The molecule has 0 aromatic heterocycles. The highest BCUT2D eigenvalue weighted by Crippen LogP contribution is 2.19. The molecule has 0 spiro atoms. The number of nitrogen functional groups attached to an aromatic ring is 1. The van der Waals surface area contributed by atoms with Crippen LogP contribution in [0.2, 0.25) is 0 Å². The highest BCUT2D eigenvalue weighted by Gasteiger charge is 2.11. The van der Waals surface area contributed by atoms with Gasteiger partial charge in [0.2, 0.25) is 0 Å². The van der Waals surface area contributed by atoms with Gasteiger partial charge in [0.25, 0.3) is 5.91 Å². The molecule has 0 fully saturated rings. The summed E-state index contributed by atoms with van der Waals surface area (Å²) in [7, 11) is 0. The normalized spacial score (nSPS) is 10.1. The van der Waals surface area contributed by atoms with Crippen LogP contribution >= 0.6 is 0 Å². The van der Waals surface area contributed by atoms with Crippen molar-refractivity contribution < 1.29 is 19.0 Å². The second kappa shape index (κ2) is 6.60. The largest absolute Gasteiger partial charge is 0.508 e. The Balaban J connectivity index is 1.83. The van der Waals surface area contributed by atoms with Crippen LogP contribution in [-0.2, 0) is 0 Å². The first-order valence-corrected chi connectivity index (χ1v) is 6.32. The lowest BCUT2D eigenvalue weighted by atomic mass is 10.2. The molecular formula is C15H15FN2O3. The predicted octanol–water partition coefficient (Wildman–Crippen LogP) is 1.92. The summed E-state index contributed by atoms with van der Waals surface area (Å²) in [5.74, 6) is -1.05. The van der Waals surface area contributed by atoms with Crippen LogP contribution < -0.4 is 15.8 Å². The van der Waals surface area contributed by atoms with Gasteiger partial charge < -0.3 is 20.9 Å². The summed E-state index contributed by atoms with van der Waals surface area (Å²) in [6, 6.07) is 10.4. The SMILES string of the molecule is Nc1ccccc1OCCNC(=O)c1ccc(O)cc1F. The Kier molecular flexibility index (Phi) is 4.61. The molecule has 2 aromatic carbocycles. The Morgan fingerprint density at radius 3 is 2.76 bits per heavy atom. The zero-order chi connectivity index (χ0) is 15.2. The average molecular weight is 290 g/mol. The predicted molar refractivity (Wildman–Crippen MR) is 76.7 cm³/mol. The molecule has 0 saturated carbocycles. The Labute approximate surface area is 121 Å². The first-order valence-electron chi connectivity index (χ1n) is 6.32. The molecule has 0 atom stereocenters. The molecule has 1 amide bonds. The number of ether oxygens (including phenoxy) is 1. The zero-order valence-corrected chi connectivity index (χ0v) is 11.2. The maximum absolute atomic E-state index is 13.5. The van der Waals surface area contributed by atoms with Crippen LogP contribution in [0.4, 0.5) is 10.1 Å². The van der Waals surface area contributed by atoms with Crippen LogP contribution in [0.25, 0.3) is 0 Å². The van der Waals surface area contributed by atoms with Crippen molar-refractivity contribution in [3.8, 4) is 11.5 Å². The number of phenols is 1. The lowest BCUT2D eigenvalue weighted by molar-refractivity contribution is 0.0943. The molecule has 2 rings (SSSR count). The van der Waals surface area contributed by atoms with Gasteiger partial charge in [0.1, 0.15) is 23.9 Å².